The van der Waals surface area contributed by atoms with E-state index in [2.05, 4.69) is 6.58 Å². The van der Waals surface area contributed by atoms with E-state index in [0.717, 1.165) is 12.1 Å². The molecule has 1 aromatic rings. The van der Waals surface area contributed by atoms with Crippen LogP contribution in [-0.4, -0.2) is 19.0 Å². The van der Waals surface area contributed by atoms with E-state index in [0.29, 0.717) is 24.7 Å². The summed E-state index contributed by atoms with van der Waals surface area (Å²) in [6.45, 7) is 7.72. The monoisotopic (exact) mass is 238 g/mol. The van der Waals surface area contributed by atoms with Gasteiger partial charge in [0.05, 0.1) is 18.8 Å². The van der Waals surface area contributed by atoms with Crippen LogP contribution in [0.15, 0.2) is 24.8 Å². The number of rotatable bonds is 6. The predicted octanol–water partition coefficient (Wildman–Crippen LogP) is 2.99. The first-order chi connectivity index (χ1) is 8.13. The summed E-state index contributed by atoms with van der Waals surface area (Å²) in [5.41, 5.74) is -0.0631. The lowest BCUT2D eigenvalue weighted by molar-refractivity contribution is 0.104. The average Bonchev–Trinajstić information content (AvgIpc) is 2.32. The Balaban J connectivity index is 3.23. The third kappa shape index (κ3) is 3.06. The molecule has 4 heteroatoms. The number of hydrogen-bond acceptors (Lipinski definition) is 3. The standard InChI is InChI=1S/C13H15FO3/c1-4-11(15)9-7-12(16-5-2)13(17-6-3)8-10(9)14/h4,7-8H,1,5-6H2,2-3H3. The fourth-order valence-electron chi connectivity index (χ4n) is 1.37. The van der Waals surface area contributed by atoms with Gasteiger partial charge >= 0.3 is 0 Å². The number of ketones is 1. The largest absolute Gasteiger partial charge is 0.490 e. The molecule has 0 aliphatic carbocycles. The second kappa shape index (κ2) is 6.03. The van der Waals surface area contributed by atoms with Crippen LogP contribution in [0, 0.1) is 5.82 Å². The molecule has 0 unspecified atom stereocenters. The van der Waals surface area contributed by atoms with Gasteiger partial charge < -0.3 is 9.47 Å². The summed E-state index contributed by atoms with van der Waals surface area (Å²) in [6.07, 6.45) is 1.06. The Kier molecular flexibility index (Phi) is 4.69. The first-order valence-electron chi connectivity index (χ1n) is 5.39. The second-order valence-electron chi connectivity index (χ2n) is 3.21. The molecule has 0 bridgehead atoms. The molecular weight excluding hydrogens is 223 g/mol. The van der Waals surface area contributed by atoms with E-state index in [1.54, 1.807) is 13.8 Å². The molecule has 0 aliphatic heterocycles. The van der Waals surface area contributed by atoms with Crippen LogP contribution in [0.4, 0.5) is 4.39 Å². The van der Waals surface area contributed by atoms with Crippen molar-refractivity contribution >= 4 is 5.78 Å². The number of halogens is 1. The molecule has 17 heavy (non-hydrogen) atoms. The molecule has 0 fully saturated rings. The van der Waals surface area contributed by atoms with Gasteiger partial charge in [0.15, 0.2) is 17.3 Å². The Morgan fingerprint density at radius 2 is 1.82 bits per heavy atom. The summed E-state index contributed by atoms with van der Waals surface area (Å²) < 4.78 is 24.2. The van der Waals surface area contributed by atoms with Gasteiger partial charge in [-0.1, -0.05) is 6.58 Å². The minimum atomic E-state index is -0.637. The zero-order valence-electron chi connectivity index (χ0n) is 9.96. The summed E-state index contributed by atoms with van der Waals surface area (Å²) in [6, 6.07) is 2.50. The summed E-state index contributed by atoms with van der Waals surface area (Å²) in [5.74, 6) is -0.457. The van der Waals surface area contributed by atoms with Crippen molar-refractivity contribution in [2.75, 3.05) is 13.2 Å². The predicted molar refractivity (Wildman–Crippen MR) is 63.3 cm³/mol. The smallest absolute Gasteiger partial charge is 0.188 e. The van der Waals surface area contributed by atoms with Crippen molar-refractivity contribution in [1.29, 1.82) is 0 Å². The SMILES string of the molecule is C=CC(=O)c1cc(OCC)c(OCC)cc1F. The van der Waals surface area contributed by atoms with Crippen molar-refractivity contribution in [3.8, 4) is 11.5 Å². The number of benzene rings is 1. The molecule has 0 atom stereocenters. The summed E-state index contributed by atoms with van der Waals surface area (Å²) in [4.78, 5) is 11.4. The van der Waals surface area contributed by atoms with Crippen molar-refractivity contribution in [3.63, 3.8) is 0 Å². The molecule has 0 spiro atoms. The van der Waals surface area contributed by atoms with E-state index >= 15 is 0 Å². The lowest BCUT2D eigenvalue weighted by Gasteiger charge is -2.12. The van der Waals surface area contributed by atoms with Crippen molar-refractivity contribution in [2.24, 2.45) is 0 Å². The van der Waals surface area contributed by atoms with E-state index in [1.165, 1.54) is 6.07 Å². The highest BCUT2D eigenvalue weighted by Crippen LogP contribution is 2.30. The van der Waals surface area contributed by atoms with E-state index in [1.807, 2.05) is 0 Å². The van der Waals surface area contributed by atoms with Gasteiger partial charge in [-0.2, -0.15) is 0 Å². The lowest BCUT2D eigenvalue weighted by atomic mass is 10.1. The third-order valence-electron chi connectivity index (χ3n) is 2.08. The molecule has 1 rings (SSSR count). The zero-order valence-corrected chi connectivity index (χ0v) is 9.96. The van der Waals surface area contributed by atoms with Gasteiger partial charge in [-0.25, -0.2) is 4.39 Å². The van der Waals surface area contributed by atoms with E-state index in [4.69, 9.17) is 9.47 Å². The molecule has 0 saturated carbocycles. The summed E-state index contributed by atoms with van der Waals surface area (Å²) in [5, 5.41) is 0. The number of carbonyl (C=O) groups is 1. The molecule has 92 valence electrons. The fourth-order valence-corrected chi connectivity index (χ4v) is 1.37. The van der Waals surface area contributed by atoms with Crippen LogP contribution in [0.25, 0.3) is 0 Å². The second-order valence-corrected chi connectivity index (χ2v) is 3.21. The Morgan fingerprint density at radius 3 is 2.29 bits per heavy atom. The minimum absolute atomic E-state index is 0.0631. The molecule has 0 saturated heterocycles. The Hall–Kier alpha value is -1.84. The highest BCUT2D eigenvalue weighted by atomic mass is 19.1. The van der Waals surface area contributed by atoms with E-state index in [9.17, 15) is 9.18 Å². The Labute approximate surface area is 99.9 Å². The van der Waals surface area contributed by atoms with Crippen molar-refractivity contribution < 1.29 is 18.7 Å². The van der Waals surface area contributed by atoms with E-state index in [-0.39, 0.29) is 5.56 Å². The minimum Gasteiger partial charge on any atom is -0.490 e. The normalized spacial score (nSPS) is 9.82. The highest BCUT2D eigenvalue weighted by molar-refractivity contribution is 6.04. The molecule has 0 aromatic heterocycles. The summed E-state index contributed by atoms with van der Waals surface area (Å²) >= 11 is 0. The number of allylic oxidation sites excluding steroid dienone is 1. The van der Waals surface area contributed by atoms with Gasteiger partial charge in [0, 0.05) is 6.07 Å². The topological polar surface area (TPSA) is 35.5 Å². The molecule has 0 heterocycles. The van der Waals surface area contributed by atoms with Gasteiger partial charge in [-0.05, 0) is 26.0 Å². The summed E-state index contributed by atoms with van der Waals surface area (Å²) in [7, 11) is 0. The molecule has 3 nitrogen and oxygen atoms in total. The molecule has 0 N–H and O–H groups in total. The first kappa shape index (κ1) is 13.2. The van der Waals surface area contributed by atoms with Crippen LogP contribution >= 0.6 is 0 Å². The first-order valence-corrected chi connectivity index (χ1v) is 5.39. The van der Waals surface area contributed by atoms with Crippen molar-refractivity contribution in [3.05, 3.63) is 36.2 Å². The highest BCUT2D eigenvalue weighted by Gasteiger charge is 2.15. The van der Waals surface area contributed by atoms with Crippen LogP contribution in [0.5, 0.6) is 11.5 Å². The van der Waals surface area contributed by atoms with Gasteiger partial charge in [-0.15, -0.1) is 0 Å². The van der Waals surface area contributed by atoms with Gasteiger partial charge in [0.1, 0.15) is 5.82 Å². The van der Waals surface area contributed by atoms with Gasteiger partial charge in [0.25, 0.3) is 0 Å². The van der Waals surface area contributed by atoms with Crippen molar-refractivity contribution in [2.45, 2.75) is 13.8 Å². The maximum absolute atomic E-state index is 13.6. The van der Waals surface area contributed by atoms with Crippen LogP contribution in [-0.2, 0) is 0 Å². The van der Waals surface area contributed by atoms with E-state index < -0.39 is 11.6 Å². The maximum Gasteiger partial charge on any atom is 0.188 e. The van der Waals surface area contributed by atoms with Crippen LogP contribution < -0.4 is 9.47 Å². The van der Waals surface area contributed by atoms with Gasteiger partial charge in [0.2, 0.25) is 0 Å². The number of ether oxygens (including phenoxy) is 2. The quantitative estimate of drug-likeness (QED) is 0.564. The van der Waals surface area contributed by atoms with Crippen LogP contribution in [0.3, 0.4) is 0 Å². The average molecular weight is 238 g/mol. The van der Waals surface area contributed by atoms with Gasteiger partial charge in [-0.3, -0.25) is 4.79 Å². The zero-order chi connectivity index (χ0) is 12.8. The van der Waals surface area contributed by atoms with Crippen LogP contribution in [0.2, 0.25) is 0 Å². The molecule has 0 aliphatic rings. The molecule has 1 aromatic carbocycles. The molecule has 0 amide bonds. The Bertz CT molecular complexity index is 427. The molecule has 0 radical (unpaired) electrons. The molecular formula is C13H15FO3. The fraction of sp³-hybridized carbons (Fsp3) is 0.308. The maximum atomic E-state index is 13.6. The Morgan fingerprint density at radius 1 is 1.29 bits per heavy atom. The lowest BCUT2D eigenvalue weighted by Crippen LogP contribution is -2.04. The van der Waals surface area contributed by atoms with Crippen molar-refractivity contribution in [1.82, 2.24) is 0 Å². The third-order valence-corrected chi connectivity index (χ3v) is 2.08. The van der Waals surface area contributed by atoms with Crippen LogP contribution in [0.1, 0.15) is 24.2 Å². The number of hydrogen-bond donors (Lipinski definition) is 0. The number of carbonyl (C=O) groups excluding carboxylic acids is 1.